The number of hydrogen-bond donors (Lipinski definition) is 2. The number of rotatable bonds is 1. The lowest BCUT2D eigenvalue weighted by Crippen LogP contribution is -2.17. The van der Waals surface area contributed by atoms with E-state index in [1.165, 1.54) is 12.1 Å². The van der Waals surface area contributed by atoms with Crippen LogP contribution in [0.15, 0.2) is 27.5 Å². The van der Waals surface area contributed by atoms with E-state index in [-0.39, 0.29) is 4.47 Å². The number of aromatic nitrogens is 1. The summed E-state index contributed by atoms with van der Waals surface area (Å²) in [6, 6.07) is 6.20. The largest absolute Gasteiger partial charge is 0.417 e. The van der Waals surface area contributed by atoms with Gasteiger partial charge >= 0.3 is 6.18 Å². The van der Waals surface area contributed by atoms with Crippen LogP contribution in [-0.2, 0) is 6.18 Å². The first-order valence-electron chi connectivity index (χ1n) is 5.93. The van der Waals surface area contributed by atoms with Crippen LogP contribution in [0.3, 0.4) is 0 Å². The van der Waals surface area contributed by atoms with E-state index < -0.39 is 45.4 Å². The third kappa shape index (κ3) is 2.91. The van der Waals surface area contributed by atoms with Crippen molar-refractivity contribution in [3.8, 4) is 23.3 Å². The Labute approximate surface area is 135 Å². The van der Waals surface area contributed by atoms with Crippen molar-refractivity contribution in [3.05, 3.63) is 49.7 Å². The number of nitrogen functional groups attached to an aromatic ring is 1. The van der Waals surface area contributed by atoms with Crippen molar-refractivity contribution >= 4 is 21.7 Å². The van der Waals surface area contributed by atoms with Crippen molar-refractivity contribution < 1.29 is 13.2 Å². The number of nitrogens with two attached hydrogens (primary N) is 1. The van der Waals surface area contributed by atoms with Crippen LogP contribution in [0, 0.1) is 22.7 Å². The number of anilines is 1. The smallest absolute Gasteiger partial charge is 0.384 e. The van der Waals surface area contributed by atoms with Gasteiger partial charge in [0.2, 0.25) is 0 Å². The molecule has 0 atom stereocenters. The summed E-state index contributed by atoms with van der Waals surface area (Å²) in [5, 5.41) is 18.3. The van der Waals surface area contributed by atoms with Gasteiger partial charge in [-0.25, -0.2) is 0 Å². The van der Waals surface area contributed by atoms with E-state index in [1.54, 1.807) is 6.07 Å². The molecule has 1 heterocycles. The Morgan fingerprint density at radius 1 is 1.17 bits per heavy atom. The Kier molecular flexibility index (Phi) is 4.17. The number of nitrogens with zero attached hydrogens (tertiary/aromatic N) is 2. The average Bonchev–Trinajstić information content (AvgIpc) is 2.45. The number of aromatic amines is 1. The van der Waals surface area contributed by atoms with Gasteiger partial charge < -0.3 is 10.7 Å². The molecule has 0 bridgehead atoms. The molecule has 5 nitrogen and oxygen atoms in total. The minimum Gasteiger partial charge on any atom is -0.384 e. The molecule has 0 spiro atoms. The fourth-order valence-electron chi connectivity index (χ4n) is 2.08. The number of nitriles is 2. The topological polar surface area (TPSA) is 106 Å². The highest BCUT2D eigenvalue weighted by Crippen LogP contribution is 2.40. The van der Waals surface area contributed by atoms with Crippen LogP contribution in [0.4, 0.5) is 19.0 Å². The van der Waals surface area contributed by atoms with Gasteiger partial charge in [-0.1, -0.05) is 15.9 Å². The van der Waals surface area contributed by atoms with E-state index in [0.717, 1.165) is 12.1 Å². The molecular weight excluding hydrogens is 377 g/mol. The maximum absolute atomic E-state index is 13.2. The fraction of sp³-hybridized carbons (Fsp3) is 0.0714. The van der Waals surface area contributed by atoms with Gasteiger partial charge in [-0.05, 0) is 23.8 Å². The zero-order valence-corrected chi connectivity index (χ0v) is 12.7. The van der Waals surface area contributed by atoms with Crippen LogP contribution in [0.1, 0.15) is 16.7 Å². The SMILES string of the molecule is N#Cc1c(N)[nH]c(=O)c(C#N)c1-c1cc(Br)ccc1C(F)(F)F. The molecule has 0 aliphatic heterocycles. The Morgan fingerprint density at radius 3 is 2.30 bits per heavy atom. The second kappa shape index (κ2) is 5.78. The Morgan fingerprint density at radius 2 is 1.78 bits per heavy atom. The van der Waals surface area contributed by atoms with Crippen LogP contribution in [0.2, 0.25) is 0 Å². The molecule has 0 saturated heterocycles. The molecule has 0 fully saturated rings. The van der Waals surface area contributed by atoms with E-state index in [0.29, 0.717) is 0 Å². The number of halogens is 4. The molecule has 2 aromatic rings. The van der Waals surface area contributed by atoms with Crippen LogP contribution < -0.4 is 11.3 Å². The Bertz CT molecular complexity index is 935. The maximum atomic E-state index is 13.2. The number of benzene rings is 1. The van der Waals surface area contributed by atoms with Gasteiger partial charge in [0.05, 0.1) is 5.56 Å². The lowest BCUT2D eigenvalue weighted by molar-refractivity contribution is -0.137. The maximum Gasteiger partial charge on any atom is 0.417 e. The summed E-state index contributed by atoms with van der Waals surface area (Å²) in [6.07, 6.45) is -4.74. The number of H-pyrrole nitrogens is 1. The van der Waals surface area contributed by atoms with Crippen LogP contribution in [-0.4, -0.2) is 4.98 Å². The van der Waals surface area contributed by atoms with E-state index in [4.69, 9.17) is 11.0 Å². The normalized spacial score (nSPS) is 10.9. The minimum atomic E-state index is -4.74. The first-order chi connectivity index (χ1) is 10.7. The minimum absolute atomic E-state index is 0.284. The third-order valence-electron chi connectivity index (χ3n) is 3.02. The lowest BCUT2D eigenvalue weighted by Gasteiger charge is -2.16. The zero-order chi connectivity index (χ0) is 17.4. The van der Waals surface area contributed by atoms with Crippen LogP contribution in [0.5, 0.6) is 0 Å². The molecule has 1 aromatic carbocycles. The standard InChI is InChI=1S/C14H6BrF3N4O/c15-6-1-2-10(14(16,17)18)7(3-6)11-8(4-19)12(21)22-13(23)9(11)5-20/h1-3H,(H3,21,22,23). The van der Waals surface area contributed by atoms with Crippen LogP contribution >= 0.6 is 15.9 Å². The van der Waals surface area contributed by atoms with E-state index in [2.05, 4.69) is 20.9 Å². The molecule has 0 saturated carbocycles. The van der Waals surface area contributed by atoms with Gasteiger partial charge in [0.15, 0.2) is 0 Å². The molecule has 0 amide bonds. The summed E-state index contributed by atoms with van der Waals surface area (Å²) in [6.45, 7) is 0. The Hall–Kier alpha value is -2.78. The molecule has 1 aromatic heterocycles. The van der Waals surface area contributed by atoms with E-state index in [9.17, 15) is 23.2 Å². The number of nitrogens with one attached hydrogen (secondary N) is 1. The summed E-state index contributed by atoms with van der Waals surface area (Å²) in [7, 11) is 0. The highest BCUT2D eigenvalue weighted by atomic mass is 79.9. The number of pyridine rings is 1. The van der Waals surface area contributed by atoms with Crippen molar-refractivity contribution in [2.24, 2.45) is 0 Å². The second-order valence-corrected chi connectivity index (χ2v) is 5.32. The quantitative estimate of drug-likeness (QED) is 0.789. The molecular formula is C14H6BrF3N4O. The molecule has 0 unspecified atom stereocenters. The highest BCUT2D eigenvalue weighted by molar-refractivity contribution is 9.10. The Balaban J connectivity index is 3.05. The summed E-state index contributed by atoms with van der Waals surface area (Å²) in [4.78, 5) is 13.9. The molecule has 23 heavy (non-hydrogen) atoms. The van der Waals surface area contributed by atoms with Gasteiger partial charge in [-0.15, -0.1) is 0 Å². The van der Waals surface area contributed by atoms with E-state index in [1.807, 2.05) is 0 Å². The summed E-state index contributed by atoms with van der Waals surface area (Å²) in [5.74, 6) is -0.403. The van der Waals surface area contributed by atoms with Crippen molar-refractivity contribution in [1.82, 2.24) is 4.98 Å². The van der Waals surface area contributed by atoms with Crippen molar-refractivity contribution in [1.29, 1.82) is 10.5 Å². The van der Waals surface area contributed by atoms with Gasteiger partial charge in [0.1, 0.15) is 29.1 Å². The van der Waals surface area contributed by atoms with Gasteiger partial charge in [-0.3, -0.25) is 4.79 Å². The summed E-state index contributed by atoms with van der Waals surface area (Å²) >= 11 is 3.04. The molecule has 9 heteroatoms. The van der Waals surface area contributed by atoms with Crippen molar-refractivity contribution in [2.45, 2.75) is 6.18 Å². The third-order valence-corrected chi connectivity index (χ3v) is 3.52. The zero-order valence-electron chi connectivity index (χ0n) is 11.1. The first-order valence-corrected chi connectivity index (χ1v) is 6.73. The summed E-state index contributed by atoms with van der Waals surface area (Å²) in [5.41, 5.74) is 1.54. The van der Waals surface area contributed by atoms with Gasteiger partial charge in [0, 0.05) is 10.0 Å². The monoisotopic (exact) mass is 382 g/mol. The highest BCUT2D eigenvalue weighted by Gasteiger charge is 2.35. The van der Waals surface area contributed by atoms with Gasteiger partial charge in [0.25, 0.3) is 5.56 Å². The molecule has 0 radical (unpaired) electrons. The lowest BCUT2D eigenvalue weighted by atomic mass is 9.92. The predicted molar refractivity (Wildman–Crippen MR) is 79.0 cm³/mol. The molecule has 3 N–H and O–H groups in total. The first kappa shape index (κ1) is 16.6. The predicted octanol–water partition coefficient (Wildman–Crippen LogP) is 3.15. The number of hydrogen-bond acceptors (Lipinski definition) is 4. The summed E-state index contributed by atoms with van der Waals surface area (Å²) < 4.78 is 40.0. The molecule has 116 valence electrons. The van der Waals surface area contributed by atoms with Crippen LogP contribution in [0.25, 0.3) is 11.1 Å². The van der Waals surface area contributed by atoms with Gasteiger partial charge in [-0.2, -0.15) is 23.7 Å². The van der Waals surface area contributed by atoms with Crippen molar-refractivity contribution in [2.75, 3.05) is 5.73 Å². The molecule has 0 aliphatic rings. The number of alkyl halides is 3. The molecule has 0 aliphatic carbocycles. The fourth-order valence-corrected chi connectivity index (χ4v) is 2.44. The second-order valence-electron chi connectivity index (χ2n) is 4.40. The average molecular weight is 383 g/mol. The van der Waals surface area contributed by atoms with Crippen molar-refractivity contribution in [3.63, 3.8) is 0 Å². The molecule has 2 rings (SSSR count). The van der Waals surface area contributed by atoms with E-state index >= 15 is 0 Å².